The maximum atomic E-state index is 12.3. The third-order valence-electron chi connectivity index (χ3n) is 3.63. The molecule has 1 aliphatic rings. The molecule has 0 atom stereocenters. The minimum absolute atomic E-state index is 0.142. The fourth-order valence-electron chi connectivity index (χ4n) is 2.35. The van der Waals surface area contributed by atoms with Crippen LogP contribution in [0.5, 0.6) is 11.5 Å². The van der Waals surface area contributed by atoms with E-state index >= 15 is 0 Å². The van der Waals surface area contributed by atoms with Crippen molar-refractivity contribution >= 4 is 35.3 Å². The van der Waals surface area contributed by atoms with Crippen LogP contribution in [0.2, 0.25) is 5.02 Å². The van der Waals surface area contributed by atoms with Crippen molar-refractivity contribution in [2.75, 3.05) is 18.0 Å². The van der Waals surface area contributed by atoms with Crippen molar-refractivity contribution in [3.05, 3.63) is 53.1 Å². The molecule has 7 nitrogen and oxygen atoms in total. The number of hydrogen-bond donors (Lipinski definition) is 2. The number of anilines is 1. The SMILES string of the molecule is O=C1CN(c2cccc(Cl)c2)C(=O)CN1N=Cc1ccc(O)c(O)c1. The lowest BCUT2D eigenvalue weighted by molar-refractivity contribution is -0.138. The highest BCUT2D eigenvalue weighted by molar-refractivity contribution is 6.31. The Labute approximate surface area is 148 Å². The summed E-state index contributed by atoms with van der Waals surface area (Å²) < 4.78 is 0. The van der Waals surface area contributed by atoms with E-state index in [-0.39, 0.29) is 36.4 Å². The lowest BCUT2D eigenvalue weighted by Crippen LogP contribution is -2.52. The van der Waals surface area contributed by atoms with E-state index in [1.54, 1.807) is 24.3 Å². The van der Waals surface area contributed by atoms with Gasteiger partial charge in [-0.3, -0.25) is 9.59 Å². The normalized spacial score (nSPS) is 15.2. The van der Waals surface area contributed by atoms with Gasteiger partial charge in [-0.2, -0.15) is 5.10 Å². The summed E-state index contributed by atoms with van der Waals surface area (Å²) in [5.74, 6) is -1.18. The number of amides is 2. The number of phenolic OH excluding ortho intramolecular Hbond substituents is 2. The Bertz CT molecular complexity index is 869. The van der Waals surface area contributed by atoms with Crippen molar-refractivity contribution in [1.82, 2.24) is 5.01 Å². The molecule has 0 aromatic heterocycles. The van der Waals surface area contributed by atoms with Gasteiger partial charge in [0, 0.05) is 10.7 Å². The Morgan fingerprint density at radius 1 is 1.00 bits per heavy atom. The Kier molecular flexibility index (Phi) is 4.58. The summed E-state index contributed by atoms with van der Waals surface area (Å²) in [6.07, 6.45) is 1.33. The molecule has 1 fully saturated rings. The van der Waals surface area contributed by atoms with Crippen molar-refractivity contribution in [1.29, 1.82) is 0 Å². The van der Waals surface area contributed by atoms with Gasteiger partial charge in [0.2, 0.25) is 5.91 Å². The molecule has 0 spiro atoms. The highest BCUT2D eigenvalue weighted by Gasteiger charge is 2.30. The maximum Gasteiger partial charge on any atom is 0.263 e. The molecule has 2 aromatic carbocycles. The van der Waals surface area contributed by atoms with Crippen LogP contribution in [0.3, 0.4) is 0 Å². The molecule has 2 amide bonds. The maximum absolute atomic E-state index is 12.3. The number of phenols is 2. The van der Waals surface area contributed by atoms with Crippen molar-refractivity contribution in [2.45, 2.75) is 0 Å². The zero-order valence-corrected chi connectivity index (χ0v) is 13.7. The highest BCUT2D eigenvalue weighted by Crippen LogP contribution is 2.24. The van der Waals surface area contributed by atoms with Gasteiger partial charge in [0.25, 0.3) is 5.91 Å². The van der Waals surface area contributed by atoms with E-state index in [1.807, 2.05) is 0 Å². The average molecular weight is 360 g/mol. The minimum Gasteiger partial charge on any atom is -0.504 e. The van der Waals surface area contributed by atoms with Crippen molar-refractivity contribution in [3.8, 4) is 11.5 Å². The summed E-state index contributed by atoms with van der Waals surface area (Å²) in [6.45, 7) is -0.344. The van der Waals surface area contributed by atoms with E-state index < -0.39 is 0 Å². The van der Waals surface area contributed by atoms with Crippen LogP contribution in [0.4, 0.5) is 5.69 Å². The van der Waals surface area contributed by atoms with E-state index in [2.05, 4.69) is 5.10 Å². The molecular formula is C17H14ClN3O4. The minimum atomic E-state index is -0.348. The third-order valence-corrected chi connectivity index (χ3v) is 3.87. The first kappa shape index (κ1) is 16.8. The lowest BCUT2D eigenvalue weighted by atomic mass is 10.2. The number of carbonyl (C=O) groups excluding carboxylic acids is 2. The molecule has 3 rings (SSSR count). The van der Waals surface area contributed by atoms with Gasteiger partial charge in [-0.25, -0.2) is 5.01 Å². The molecule has 8 heteroatoms. The smallest absolute Gasteiger partial charge is 0.263 e. The van der Waals surface area contributed by atoms with Crippen LogP contribution in [-0.4, -0.2) is 46.3 Å². The van der Waals surface area contributed by atoms with E-state index in [4.69, 9.17) is 11.6 Å². The Morgan fingerprint density at radius 3 is 2.52 bits per heavy atom. The first-order valence-corrected chi connectivity index (χ1v) is 7.74. The van der Waals surface area contributed by atoms with E-state index in [1.165, 1.54) is 29.3 Å². The molecule has 2 N–H and O–H groups in total. The second-order valence-electron chi connectivity index (χ2n) is 5.40. The monoisotopic (exact) mass is 359 g/mol. The van der Waals surface area contributed by atoms with Crippen LogP contribution >= 0.6 is 11.6 Å². The number of carbonyl (C=O) groups is 2. The number of piperazine rings is 1. The van der Waals surface area contributed by atoms with Gasteiger partial charge in [-0.05, 0) is 42.0 Å². The van der Waals surface area contributed by atoms with Crippen molar-refractivity contribution in [2.24, 2.45) is 5.10 Å². The summed E-state index contributed by atoms with van der Waals surface area (Å²) in [5.41, 5.74) is 1.03. The van der Waals surface area contributed by atoms with Crippen LogP contribution in [0.1, 0.15) is 5.56 Å². The molecule has 0 unspecified atom stereocenters. The summed E-state index contributed by atoms with van der Waals surface area (Å²) in [6, 6.07) is 10.8. The first-order valence-electron chi connectivity index (χ1n) is 7.36. The second-order valence-corrected chi connectivity index (χ2v) is 5.84. The summed E-state index contributed by atoms with van der Waals surface area (Å²) in [4.78, 5) is 25.9. The zero-order chi connectivity index (χ0) is 18.0. The second kappa shape index (κ2) is 6.82. The largest absolute Gasteiger partial charge is 0.504 e. The third kappa shape index (κ3) is 3.72. The number of nitrogens with zero attached hydrogens (tertiary/aromatic N) is 3. The summed E-state index contributed by atoms with van der Waals surface area (Å²) >= 11 is 5.92. The van der Waals surface area contributed by atoms with Gasteiger partial charge in [0.15, 0.2) is 11.5 Å². The van der Waals surface area contributed by atoms with E-state index in [0.29, 0.717) is 16.3 Å². The highest BCUT2D eigenvalue weighted by atomic mass is 35.5. The number of hydrogen-bond acceptors (Lipinski definition) is 5. The number of hydrazone groups is 1. The molecule has 2 aromatic rings. The van der Waals surface area contributed by atoms with Gasteiger partial charge in [-0.1, -0.05) is 17.7 Å². The van der Waals surface area contributed by atoms with Crippen LogP contribution in [0.15, 0.2) is 47.6 Å². The Morgan fingerprint density at radius 2 is 1.80 bits per heavy atom. The van der Waals surface area contributed by atoms with Gasteiger partial charge in [0.1, 0.15) is 13.1 Å². The zero-order valence-electron chi connectivity index (χ0n) is 13.0. The molecule has 1 aliphatic heterocycles. The predicted octanol–water partition coefficient (Wildman–Crippen LogP) is 1.96. The van der Waals surface area contributed by atoms with Crippen molar-refractivity contribution < 1.29 is 19.8 Å². The van der Waals surface area contributed by atoms with E-state index in [0.717, 1.165) is 5.01 Å². The van der Waals surface area contributed by atoms with Gasteiger partial charge >= 0.3 is 0 Å². The average Bonchev–Trinajstić information content (AvgIpc) is 2.58. The standard InChI is InChI=1S/C17H14ClN3O4/c18-12-2-1-3-13(7-12)20-9-17(25)21(10-16(20)24)19-8-11-4-5-14(22)15(23)6-11/h1-8,22-23H,9-10H2. The summed E-state index contributed by atoms with van der Waals surface area (Å²) in [7, 11) is 0. The van der Waals surface area contributed by atoms with Crippen LogP contribution in [-0.2, 0) is 9.59 Å². The number of aromatic hydroxyl groups is 2. The van der Waals surface area contributed by atoms with Crippen LogP contribution in [0.25, 0.3) is 0 Å². The van der Waals surface area contributed by atoms with Gasteiger partial charge < -0.3 is 15.1 Å². The first-order chi connectivity index (χ1) is 11.9. The molecule has 1 saturated heterocycles. The van der Waals surface area contributed by atoms with Crippen LogP contribution < -0.4 is 4.90 Å². The molecule has 0 aliphatic carbocycles. The molecular weight excluding hydrogens is 346 g/mol. The number of benzene rings is 2. The topological polar surface area (TPSA) is 93.4 Å². The van der Waals surface area contributed by atoms with E-state index in [9.17, 15) is 19.8 Å². The van der Waals surface area contributed by atoms with Crippen molar-refractivity contribution in [3.63, 3.8) is 0 Å². The quantitative estimate of drug-likeness (QED) is 0.647. The molecule has 1 heterocycles. The fraction of sp³-hybridized carbons (Fsp3) is 0.118. The molecule has 128 valence electrons. The number of halogens is 1. The van der Waals surface area contributed by atoms with Crippen LogP contribution in [0, 0.1) is 0 Å². The van der Waals surface area contributed by atoms with Gasteiger partial charge in [0.05, 0.1) is 6.21 Å². The Hall–Kier alpha value is -3.06. The summed E-state index contributed by atoms with van der Waals surface area (Å²) in [5, 5.41) is 24.3. The Balaban J connectivity index is 1.74. The lowest BCUT2D eigenvalue weighted by Gasteiger charge is -2.31. The fourth-order valence-corrected chi connectivity index (χ4v) is 2.53. The molecule has 0 radical (unpaired) electrons. The number of rotatable bonds is 3. The van der Waals surface area contributed by atoms with Gasteiger partial charge in [-0.15, -0.1) is 0 Å². The molecule has 0 bridgehead atoms. The predicted molar refractivity (Wildman–Crippen MR) is 92.9 cm³/mol. The molecule has 0 saturated carbocycles. The molecule has 25 heavy (non-hydrogen) atoms.